The van der Waals surface area contributed by atoms with Crippen LogP contribution in [0.1, 0.15) is 57.2 Å². The molecule has 0 saturated carbocycles. The molecule has 4 nitrogen and oxygen atoms in total. The van der Waals surface area contributed by atoms with Gasteiger partial charge in [-0.3, -0.25) is 9.59 Å². The number of nitrogens with zero attached hydrogens (tertiary/aromatic N) is 1. The summed E-state index contributed by atoms with van der Waals surface area (Å²) >= 11 is 6.33. The number of carbonyl (C=O) groups excluding carboxylic acids is 2. The Morgan fingerprint density at radius 3 is 2.23 bits per heavy atom. The minimum atomic E-state index is -0.578. The molecule has 0 radical (unpaired) electrons. The topological polar surface area (TPSA) is 49.4 Å². The monoisotopic (exact) mass is 428 g/mol. The first kappa shape index (κ1) is 23.9. The van der Waals surface area contributed by atoms with E-state index in [0.717, 1.165) is 24.0 Å². The minimum absolute atomic E-state index is 0.0544. The van der Waals surface area contributed by atoms with Gasteiger partial charge in [0.05, 0.1) is 0 Å². The van der Waals surface area contributed by atoms with Gasteiger partial charge in [0.15, 0.2) is 0 Å². The fourth-order valence-electron chi connectivity index (χ4n) is 3.19. The molecule has 0 aromatic heterocycles. The summed E-state index contributed by atoms with van der Waals surface area (Å²) < 4.78 is 0. The Labute approximate surface area is 185 Å². The van der Waals surface area contributed by atoms with Gasteiger partial charge in [-0.2, -0.15) is 0 Å². The summed E-state index contributed by atoms with van der Waals surface area (Å²) in [6.45, 7) is 8.19. The average Bonchev–Trinajstić information content (AvgIpc) is 2.76. The SMILES string of the molecule is CCc1ccc(CCC(=O)N(Cc2ccccc2Cl)[C@@H](C)C(=O)N[C@H](C)CC)cc1. The van der Waals surface area contributed by atoms with E-state index in [4.69, 9.17) is 11.6 Å². The van der Waals surface area contributed by atoms with Crippen LogP contribution in [0.15, 0.2) is 48.5 Å². The predicted molar refractivity (Wildman–Crippen MR) is 124 cm³/mol. The van der Waals surface area contributed by atoms with Gasteiger partial charge in [-0.1, -0.05) is 67.9 Å². The third-order valence-electron chi connectivity index (χ3n) is 5.53. The molecule has 162 valence electrons. The van der Waals surface area contributed by atoms with Gasteiger partial charge in [0, 0.05) is 24.0 Å². The summed E-state index contributed by atoms with van der Waals surface area (Å²) in [6.07, 6.45) is 2.82. The minimum Gasteiger partial charge on any atom is -0.352 e. The third-order valence-corrected chi connectivity index (χ3v) is 5.89. The van der Waals surface area contributed by atoms with Gasteiger partial charge in [0.2, 0.25) is 11.8 Å². The van der Waals surface area contributed by atoms with Gasteiger partial charge in [0.25, 0.3) is 0 Å². The van der Waals surface area contributed by atoms with Crippen LogP contribution in [0.5, 0.6) is 0 Å². The fourth-order valence-corrected chi connectivity index (χ4v) is 3.39. The molecule has 2 rings (SSSR count). The Hall–Kier alpha value is -2.33. The first-order chi connectivity index (χ1) is 14.3. The van der Waals surface area contributed by atoms with E-state index in [0.29, 0.717) is 24.4 Å². The van der Waals surface area contributed by atoms with Crippen molar-refractivity contribution in [3.05, 3.63) is 70.2 Å². The molecule has 2 aromatic carbocycles. The molecule has 2 atom stereocenters. The van der Waals surface area contributed by atoms with E-state index in [-0.39, 0.29) is 17.9 Å². The maximum atomic E-state index is 13.2. The predicted octanol–water partition coefficient (Wildman–Crippen LogP) is 5.17. The zero-order valence-electron chi connectivity index (χ0n) is 18.5. The van der Waals surface area contributed by atoms with Crippen LogP contribution >= 0.6 is 11.6 Å². The summed E-state index contributed by atoms with van der Waals surface area (Å²) in [5.74, 6) is -0.196. The van der Waals surface area contributed by atoms with Crippen molar-refractivity contribution in [1.29, 1.82) is 0 Å². The van der Waals surface area contributed by atoms with Crippen LogP contribution < -0.4 is 5.32 Å². The van der Waals surface area contributed by atoms with Gasteiger partial charge in [-0.25, -0.2) is 0 Å². The van der Waals surface area contributed by atoms with Crippen LogP contribution in [0.3, 0.4) is 0 Å². The molecule has 0 fully saturated rings. The first-order valence-corrected chi connectivity index (χ1v) is 11.1. The Balaban J connectivity index is 2.14. The van der Waals surface area contributed by atoms with Crippen LogP contribution in [0.2, 0.25) is 5.02 Å². The second-order valence-electron chi connectivity index (χ2n) is 7.78. The highest BCUT2D eigenvalue weighted by molar-refractivity contribution is 6.31. The number of benzene rings is 2. The lowest BCUT2D eigenvalue weighted by atomic mass is 10.0. The number of carbonyl (C=O) groups is 2. The van der Waals surface area contributed by atoms with E-state index >= 15 is 0 Å². The molecule has 0 heterocycles. The smallest absolute Gasteiger partial charge is 0.242 e. The van der Waals surface area contributed by atoms with Gasteiger partial charge in [-0.05, 0) is 55.9 Å². The largest absolute Gasteiger partial charge is 0.352 e. The molecular formula is C25H33ClN2O2. The number of rotatable bonds is 10. The highest BCUT2D eigenvalue weighted by Gasteiger charge is 2.27. The molecule has 0 saturated heterocycles. The second kappa shape index (κ2) is 11.8. The van der Waals surface area contributed by atoms with Crippen LogP contribution in [0.4, 0.5) is 0 Å². The standard InChI is InChI=1S/C25H33ClN2O2/c1-5-18(3)27-25(30)19(4)28(17-22-9-7-8-10-23(22)26)24(29)16-15-21-13-11-20(6-2)12-14-21/h7-14,18-19H,5-6,15-17H2,1-4H3,(H,27,30)/t18-,19+/m1/s1. The Morgan fingerprint density at radius 1 is 1.00 bits per heavy atom. The van der Waals surface area contributed by atoms with Crippen molar-refractivity contribution < 1.29 is 9.59 Å². The van der Waals surface area contributed by atoms with Crippen molar-refractivity contribution >= 4 is 23.4 Å². The number of halogens is 1. The number of hydrogen-bond acceptors (Lipinski definition) is 2. The fraction of sp³-hybridized carbons (Fsp3) is 0.440. The van der Waals surface area contributed by atoms with Crippen LogP contribution in [-0.2, 0) is 29.0 Å². The summed E-state index contributed by atoms with van der Waals surface area (Å²) in [4.78, 5) is 27.5. The highest BCUT2D eigenvalue weighted by Crippen LogP contribution is 2.20. The lowest BCUT2D eigenvalue weighted by molar-refractivity contribution is -0.140. The number of hydrogen-bond donors (Lipinski definition) is 1. The summed E-state index contributed by atoms with van der Waals surface area (Å²) in [5, 5.41) is 3.58. The van der Waals surface area contributed by atoms with E-state index in [1.54, 1.807) is 17.9 Å². The van der Waals surface area contributed by atoms with E-state index < -0.39 is 6.04 Å². The van der Waals surface area contributed by atoms with Crippen molar-refractivity contribution in [2.75, 3.05) is 0 Å². The molecule has 30 heavy (non-hydrogen) atoms. The van der Waals surface area contributed by atoms with Crippen LogP contribution in [-0.4, -0.2) is 28.8 Å². The molecule has 0 bridgehead atoms. The number of amides is 2. The molecule has 2 amide bonds. The highest BCUT2D eigenvalue weighted by atomic mass is 35.5. The van der Waals surface area contributed by atoms with Crippen molar-refractivity contribution in [3.63, 3.8) is 0 Å². The van der Waals surface area contributed by atoms with E-state index in [2.05, 4.69) is 36.5 Å². The zero-order valence-corrected chi connectivity index (χ0v) is 19.2. The molecular weight excluding hydrogens is 396 g/mol. The normalized spacial score (nSPS) is 12.8. The molecule has 0 aliphatic rings. The molecule has 0 aliphatic heterocycles. The van der Waals surface area contributed by atoms with E-state index in [9.17, 15) is 9.59 Å². The molecule has 5 heteroatoms. The number of aryl methyl sites for hydroxylation is 2. The molecule has 0 spiro atoms. The molecule has 0 unspecified atom stereocenters. The molecule has 0 aliphatic carbocycles. The van der Waals surface area contributed by atoms with Crippen LogP contribution in [0.25, 0.3) is 0 Å². The average molecular weight is 429 g/mol. The second-order valence-corrected chi connectivity index (χ2v) is 8.18. The summed E-state index contributed by atoms with van der Waals surface area (Å²) in [6, 6.07) is 15.3. The zero-order chi connectivity index (χ0) is 22.1. The Morgan fingerprint density at radius 2 is 1.63 bits per heavy atom. The van der Waals surface area contributed by atoms with Gasteiger partial charge < -0.3 is 10.2 Å². The van der Waals surface area contributed by atoms with Gasteiger partial charge in [-0.15, -0.1) is 0 Å². The lowest BCUT2D eigenvalue weighted by Crippen LogP contribution is -2.49. The maximum absolute atomic E-state index is 13.2. The number of nitrogens with one attached hydrogen (secondary N) is 1. The maximum Gasteiger partial charge on any atom is 0.242 e. The van der Waals surface area contributed by atoms with Crippen molar-refractivity contribution in [3.8, 4) is 0 Å². The van der Waals surface area contributed by atoms with E-state index in [1.165, 1.54) is 5.56 Å². The Kier molecular flexibility index (Phi) is 9.38. The third kappa shape index (κ3) is 6.88. The summed E-state index contributed by atoms with van der Waals surface area (Å²) in [5.41, 5.74) is 3.23. The summed E-state index contributed by atoms with van der Waals surface area (Å²) in [7, 11) is 0. The van der Waals surface area contributed by atoms with Crippen molar-refractivity contribution in [2.45, 2.75) is 72.0 Å². The van der Waals surface area contributed by atoms with Crippen molar-refractivity contribution in [1.82, 2.24) is 10.2 Å². The molecule has 1 N–H and O–H groups in total. The first-order valence-electron chi connectivity index (χ1n) is 10.8. The molecule has 2 aromatic rings. The van der Waals surface area contributed by atoms with E-state index in [1.807, 2.05) is 32.0 Å². The van der Waals surface area contributed by atoms with Crippen molar-refractivity contribution in [2.24, 2.45) is 0 Å². The van der Waals surface area contributed by atoms with Gasteiger partial charge >= 0.3 is 0 Å². The lowest BCUT2D eigenvalue weighted by Gasteiger charge is -2.30. The Bertz CT molecular complexity index is 835. The van der Waals surface area contributed by atoms with Crippen LogP contribution in [0, 0.1) is 0 Å². The van der Waals surface area contributed by atoms with Gasteiger partial charge in [0.1, 0.15) is 6.04 Å². The quantitative estimate of drug-likeness (QED) is 0.567.